The lowest BCUT2D eigenvalue weighted by atomic mass is 10.2. The molecule has 1 aliphatic heterocycles. The molecule has 8 heteroatoms. The van der Waals surface area contributed by atoms with Crippen LogP contribution in [0.1, 0.15) is 11.4 Å². The number of aromatic nitrogens is 2. The van der Waals surface area contributed by atoms with Gasteiger partial charge in [0.1, 0.15) is 5.75 Å². The number of hydrogen-bond donors (Lipinski definition) is 0. The van der Waals surface area contributed by atoms with Gasteiger partial charge in [0.2, 0.25) is 10.0 Å². The molecule has 0 radical (unpaired) electrons. The second-order valence-corrected chi connectivity index (χ2v) is 7.48. The van der Waals surface area contributed by atoms with E-state index < -0.39 is 10.0 Å². The first-order valence-corrected chi connectivity index (χ1v) is 8.58. The molecule has 0 amide bonds. The molecular weight excluding hydrogens is 326 g/mol. The van der Waals surface area contributed by atoms with Crippen LogP contribution >= 0.6 is 11.6 Å². The van der Waals surface area contributed by atoms with Crippen molar-refractivity contribution in [1.29, 1.82) is 0 Å². The summed E-state index contributed by atoms with van der Waals surface area (Å²) in [5, 5.41) is 0.279. The van der Waals surface area contributed by atoms with Gasteiger partial charge in [0.25, 0.3) is 0 Å². The zero-order chi connectivity index (χ0) is 15.9. The predicted octanol–water partition coefficient (Wildman–Crippen LogP) is 1.83. The molecule has 1 aromatic carbocycles. The first-order valence-electron chi connectivity index (χ1n) is 6.76. The zero-order valence-corrected chi connectivity index (χ0v) is 13.9. The van der Waals surface area contributed by atoms with Crippen molar-refractivity contribution in [3.05, 3.63) is 40.9 Å². The molecule has 0 N–H and O–H groups in total. The fourth-order valence-corrected chi connectivity index (χ4v) is 4.31. The van der Waals surface area contributed by atoms with Gasteiger partial charge in [0.15, 0.2) is 0 Å². The van der Waals surface area contributed by atoms with Gasteiger partial charge in [0.05, 0.1) is 41.3 Å². The molecular formula is C14H16ClN3O3S. The van der Waals surface area contributed by atoms with E-state index in [1.165, 1.54) is 23.5 Å². The molecule has 0 saturated heterocycles. The topological polar surface area (TPSA) is 64.4 Å². The van der Waals surface area contributed by atoms with E-state index in [0.717, 1.165) is 11.4 Å². The maximum Gasteiger partial charge on any atom is 0.243 e. The maximum atomic E-state index is 12.8. The minimum Gasteiger partial charge on any atom is -0.495 e. The predicted molar refractivity (Wildman–Crippen MR) is 82.5 cm³/mol. The van der Waals surface area contributed by atoms with Gasteiger partial charge in [-0.25, -0.2) is 13.4 Å². The summed E-state index contributed by atoms with van der Waals surface area (Å²) in [6.07, 6.45) is 2.32. The molecule has 3 rings (SSSR count). The first kappa shape index (κ1) is 15.3. The molecule has 0 unspecified atom stereocenters. The van der Waals surface area contributed by atoms with Gasteiger partial charge in [-0.05, 0) is 18.2 Å². The van der Waals surface area contributed by atoms with Crippen LogP contribution in [0.4, 0.5) is 0 Å². The number of methoxy groups -OCH3 is 1. The Morgan fingerprint density at radius 1 is 1.36 bits per heavy atom. The molecule has 118 valence electrons. The third-order valence-corrected chi connectivity index (χ3v) is 5.97. The number of sulfonamides is 1. The van der Waals surface area contributed by atoms with Gasteiger partial charge >= 0.3 is 0 Å². The summed E-state index contributed by atoms with van der Waals surface area (Å²) >= 11 is 6.04. The molecule has 0 atom stereocenters. The summed E-state index contributed by atoms with van der Waals surface area (Å²) in [6.45, 7) is 0.730. The number of ether oxygens (including phenoxy) is 1. The Labute approximate surface area is 134 Å². The monoisotopic (exact) mass is 341 g/mol. The Bertz CT molecular complexity index is 817. The number of imidazole rings is 1. The lowest BCUT2D eigenvalue weighted by molar-refractivity contribution is 0.379. The van der Waals surface area contributed by atoms with Crippen LogP contribution in [0.3, 0.4) is 0 Å². The zero-order valence-electron chi connectivity index (χ0n) is 12.3. The smallest absolute Gasteiger partial charge is 0.243 e. The van der Waals surface area contributed by atoms with Crippen molar-refractivity contribution in [2.24, 2.45) is 7.05 Å². The summed E-state index contributed by atoms with van der Waals surface area (Å²) in [6, 6.07) is 4.50. The Kier molecular flexibility index (Phi) is 3.88. The second-order valence-electron chi connectivity index (χ2n) is 5.13. The number of rotatable bonds is 3. The van der Waals surface area contributed by atoms with E-state index in [1.807, 2.05) is 11.6 Å². The molecule has 22 heavy (non-hydrogen) atoms. The first-order chi connectivity index (χ1) is 10.4. The van der Waals surface area contributed by atoms with Crippen molar-refractivity contribution in [2.75, 3.05) is 13.7 Å². The van der Waals surface area contributed by atoms with Crippen molar-refractivity contribution >= 4 is 21.6 Å². The molecule has 0 aliphatic carbocycles. The number of benzene rings is 1. The third kappa shape index (κ3) is 2.49. The second kappa shape index (κ2) is 5.57. The average Bonchev–Trinajstić information content (AvgIpc) is 2.88. The standard InChI is InChI=1S/C14H16ClN3O3S/c1-17-9-16-12-5-6-18(8-13(12)17)22(19,20)10-3-4-14(21-2)11(15)7-10/h3-4,7,9H,5-6,8H2,1-2H3. The Morgan fingerprint density at radius 2 is 2.14 bits per heavy atom. The van der Waals surface area contributed by atoms with E-state index in [0.29, 0.717) is 25.3 Å². The largest absolute Gasteiger partial charge is 0.495 e. The van der Waals surface area contributed by atoms with Crippen LogP contribution < -0.4 is 4.74 Å². The van der Waals surface area contributed by atoms with Crippen molar-refractivity contribution in [3.8, 4) is 5.75 Å². The van der Waals surface area contributed by atoms with Gasteiger partial charge in [-0.1, -0.05) is 11.6 Å². The van der Waals surface area contributed by atoms with Gasteiger partial charge in [-0.15, -0.1) is 0 Å². The fraction of sp³-hybridized carbons (Fsp3) is 0.357. The molecule has 0 saturated carbocycles. The van der Waals surface area contributed by atoms with Crippen LogP contribution in [0.2, 0.25) is 5.02 Å². The molecule has 0 bridgehead atoms. The minimum absolute atomic E-state index is 0.170. The summed E-state index contributed by atoms with van der Waals surface area (Å²) in [5.41, 5.74) is 1.89. The van der Waals surface area contributed by atoms with Crippen LogP contribution in [-0.2, 0) is 30.0 Å². The number of halogens is 1. The summed E-state index contributed by atoms with van der Waals surface area (Å²) in [4.78, 5) is 4.46. The number of aryl methyl sites for hydroxylation is 1. The van der Waals surface area contributed by atoms with Crippen molar-refractivity contribution in [2.45, 2.75) is 17.9 Å². The highest BCUT2D eigenvalue weighted by Crippen LogP contribution is 2.30. The Balaban J connectivity index is 1.94. The minimum atomic E-state index is -3.59. The average molecular weight is 342 g/mol. The van der Waals surface area contributed by atoms with Crippen molar-refractivity contribution in [1.82, 2.24) is 13.9 Å². The molecule has 1 aromatic heterocycles. The molecule has 2 aromatic rings. The number of hydrogen-bond acceptors (Lipinski definition) is 4. The Hall–Kier alpha value is -1.57. The number of fused-ring (bicyclic) bond motifs is 1. The quantitative estimate of drug-likeness (QED) is 0.854. The summed E-state index contributed by atoms with van der Waals surface area (Å²) in [7, 11) is -0.237. The highest BCUT2D eigenvalue weighted by molar-refractivity contribution is 7.89. The van der Waals surface area contributed by atoms with E-state index in [1.54, 1.807) is 12.4 Å². The SMILES string of the molecule is COc1ccc(S(=O)(=O)N2CCc3ncn(C)c3C2)cc1Cl. The van der Waals surface area contributed by atoms with Crippen LogP contribution in [-0.4, -0.2) is 35.9 Å². The van der Waals surface area contributed by atoms with Crippen LogP contribution in [0.25, 0.3) is 0 Å². The lowest BCUT2D eigenvalue weighted by Gasteiger charge is -2.26. The molecule has 1 aliphatic rings. The van der Waals surface area contributed by atoms with Gasteiger partial charge in [-0.3, -0.25) is 0 Å². The van der Waals surface area contributed by atoms with Crippen LogP contribution in [0.5, 0.6) is 5.75 Å². The van der Waals surface area contributed by atoms with E-state index in [4.69, 9.17) is 16.3 Å². The third-order valence-electron chi connectivity index (χ3n) is 3.83. The van der Waals surface area contributed by atoms with Crippen LogP contribution in [0, 0.1) is 0 Å². The van der Waals surface area contributed by atoms with E-state index in [9.17, 15) is 8.42 Å². The van der Waals surface area contributed by atoms with Crippen molar-refractivity contribution in [3.63, 3.8) is 0 Å². The van der Waals surface area contributed by atoms with Gasteiger partial charge in [-0.2, -0.15) is 4.31 Å². The lowest BCUT2D eigenvalue weighted by Crippen LogP contribution is -2.36. The molecule has 2 heterocycles. The normalized spacial score (nSPS) is 15.6. The summed E-state index contributed by atoms with van der Waals surface area (Å²) in [5.74, 6) is 0.452. The van der Waals surface area contributed by atoms with Crippen molar-refractivity contribution < 1.29 is 13.2 Å². The fourth-order valence-electron chi connectivity index (χ4n) is 2.55. The van der Waals surface area contributed by atoms with Gasteiger partial charge < -0.3 is 9.30 Å². The Morgan fingerprint density at radius 3 is 2.82 bits per heavy atom. The molecule has 0 fully saturated rings. The van der Waals surface area contributed by atoms with Crippen LogP contribution in [0.15, 0.2) is 29.4 Å². The highest BCUT2D eigenvalue weighted by Gasteiger charge is 2.30. The highest BCUT2D eigenvalue weighted by atomic mass is 35.5. The van der Waals surface area contributed by atoms with E-state index in [-0.39, 0.29) is 9.92 Å². The number of nitrogens with zero attached hydrogens (tertiary/aromatic N) is 3. The molecule has 6 nitrogen and oxygen atoms in total. The molecule has 0 spiro atoms. The van der Waals surface area contributed by atoms with E-state index >= 15 is 0 Å². The van der Waals surface area contributed by atoms with Gasteiger partial charge in [0, 0.05) is 20.0 Å². The maximum absolute atomic E-state index is 12.8. The van der Waals surface area contributed by atoms with E-state index in [2.05, 4.69) is 4.98 Å². The summed E-state index contributed by atoms with van der Waals surface area (Å²) < 4.78 is 33.9.